The van der Waals surface area contributed by atoms with Crippen LogP contribution in [0.4, 0.5) is 0 Å². The summed E-state index contributed by atoms with van der Waals surface area (Å²) in [6.07, 6.45) is 0.0524. The summed E-state index contributed by atoms with van der Waals surface area (Å²) in [6, 6.07) is 13.2. The normalized spacial score (nSPS) is 11.4. The number of hydrogen-bond donors (Lipinski definition) is 1. The van der Waals surface area contributed by atoms with Crippen molar-refractivity contribution in [3.8, 4) is 28.6 Å². The molecule has 0 radical (unpaired) electrons. The van der Waals surface area contributed by atoms with E-state index in [4.69, 9.17) is 26.6 Å². The van der Waals surface area contributed by atoms with Crippen molar-refractivity contribution in [3.63, 3.8) is 0 Å². The van der Waals surface area contributed by atoms with Gasteiger partial charge in [0, 0.05) is 16.7 Å². The highest BCUT2D eigenvalue weighted by Gasteiger charge is 2.16. The maximum absolute atomic E-state index is 6.28. The predicted octanol–water partition coefficient (Wildman–Crippen LogP) is 5.67. The van der Waals surface area contributed by atoms with Gasteiger partial charge in [0.15, 0.2) is 0 Å². The fourth-order valence-corrected chi connectivity index (χ4v) is 2.71. The molecule has 5 nitrogen and oxygen atoms in total. The van der Waals surface area contributed by atoms with Crippen molar-refractivity contribution < 1.29 is 9.26 Å². The quantitative estimate of drug-likeness (QED) is 0.610. The van der Waals surface area contributed by atoms with Gasteiger partial charge in [0.05, 0.1) is 11.1 Å². The summed E-state index contributed by atoms with van der Waals surface area (Å²) in [5.41, 5.74) is 8.35. The van der Waals surface area contributed by atoms with Gasteiger partial charge in [-0.2, -0.15) is 4.98 Å². The van der Waals surface area contributed by atoms with Crippen molar-refractivity contribution in [2.45, 2.75) is 46.8 Å². The highest BCUT2D eigenvalue weighted by Crippen LogP contribution is 2.31. The van der Waals surface area contributed by atoms with E-state index >= 15 is 0 Å². The molecule has 1 heterocycles. The Kier molecular flexibility index (Phi) is 6.29. The fraction of sp³-hybridized carbons (Fsp3) is 0.333. The molecule has 2 N–H and O–H groups in total. The van der Waals surface area contributed by atoms with Crippen molar-refractivity contribution in [1.29, 1.82) is 0 Å². The third-order valence-corrected chi connectivity index (χ3v) is 4.15. The summed E-state index contributed by atoms with van der Waals surface area (Å²) in [5.74, 6) is 1.55. The third kappa shape index (κ3) is 4.87. The SMILES string of the molecule is C.CC(C)Oc1ccc(-c2noc(-c3ccc(C(C)(C)N)cc3)n2)cc1Cl. The highest BCUT2D eigenvalue weighted by molar-refractivity contribution is 6.32. The second-order valence-corrected chi connectivity index (χ2v) is 7.44. The van der Waals surface area contributed by atoms with Gasteiger partial charge in [-0.3, -0.25) is 0 Å². The Balaban J connectivity index is 0.00000261. The van der Waals surface area contributed by atoms with E-state index in [2.05, 4.69) is 10.1 Å². The van der Waals surface area contributed by atoms with E-state index in [9.17, 15) is 0 Å². The van der Waals surface area contributed by atoms with Crippen LogP contribution in [0.2, 0.25) is 5.02 Å². The lowest BCUT2D eigenvalue weighted by atomic mass is 9.95. The molecule has 0 bridgehead atoms. The number of ether oxygens (including phenoxy) is 1. The summed E-state index contributed by atoms with van der Waals surface area (Å²) in [5, 5.41) is 4.57. The first-order chi connectivity index (χ1) is 12.2. The third-order valence-electron chi connectivity index (χ3n) is 3.85. The number of benzene rings is 2. The van der Waals surface area contributed by atoms with Crippen LogP contribution in [0.5, 0.6) is 5.75 Å². The molecule has 0 unspecified atom stereocenters. The van der Waals surface area contributed by atoms with E-state index in [1.54, 1.807) is 6.07 Å². The van der Waals surface area contributed by atoms with Crippen LogP contribution in [-0.4, -0.2) is 16.2 Å². The van der Waals surface area contributed by atoms with Gasteiger partial charge in [-0.15, -0.1) is 0 Å². The maximum atomic E-state index is 6.28. The van der Waals surface area contributed by atoms with Crippen molar-refractivity contribution >= 4 is 11.6 Å². The Labute approximate surface area is 165 Å². The van der Waals surface area contributed by atoms with E-state index in [-0.39, 0.29) is 13.5 Å². The second-order valence-electron chi connectivity index (χ2n) is 7.03. The Morgan fingerprint density at radius 3 is 2.26 bits per heavy atom. The smallest absolute Gasteiger partial charge is 0.258 e. The van der Waals surface area contributed by atoms with Crippen LogP contribution in [0.1, 0.15) is 40.7 Å². The molecule has 2 aromatic carbocycles. The Morgan fingerprint density at radius 1 is 1.07 bits per heavy atom. The van der Waals surface area contributed by atoms with Crippen molar-refractivity contribution in [2.75, 3.05) is 0 Å². The van der Waals surface area contributed by atoms with Crippen LogP contribution in [-0.2, 0) is 5.54 Å². The van der Waals surface area contributed by atoms with Gasteiger partial charge in [-0.25, -0.2) is 0 Å². The molecule has 1 aromatic heterocycles. The fourth-order valence-electron chi connectivity index (χ4n) is 2.49. The van der Waals surface area contributed by atoms with Crippen molar-refractivity contribution in [1.82, 2.24) is 10.1 Å². The van der Waals surface area contributed by atoms with Gasteiger partial charge in [-0.05, 0) is 63.6 Å². The summed E-state index contributed by atoms with van der Waals surface area (Å²) in [7, 11) is 0. The van der Waals surface area contributed by atoms with E-state index in [0.29, 0.717) is 22.5 Å². The first-order valence-electron chi connectivity index (χ1n) is 8.44. The molecule has 0 aliphatic rings. The van der Waals surface area contributed by atoms with Gasteiger partial charge in [0.2, 0.25) is 5.82 Å². The van der Waals surface area contributed by atoms with Crippen LogP contribution in [0.15, 0.2) is 47.0 Å². The molecule has 0 aliphatic carbocycles. The summed E-state index contributed by atoms with van der Waals surface area (Å²) in [4.78, 5) is 4.47. The summed E-state index contributed by atoms with van der Waals surface area (Å²) >= 11 is 6.28. The minimum atomic E-state index is -0.394. The largest absolute Gasteiger partial charge is 0.489 e. The molecule has 0 saturated carbocycles. The molecule has 3 aromatic rings. The minimum Gasteiger partial charge on any atom is -0.489 e. The van der Waals surface area contributed by atoms with E-state index in [0.717, 1.165) is 16.7 Å². The summed E-state index contributed by atoms with van der Waals surface area (Å²) < 4.78 is 11.0. The van der Waals surface area contributed by atoms with Crippen LogP contribution in [0, 0.1) is 0 Å². The minimum absolute atomic E-state index is 0. The standard InChI is InChI=1S/C20H22ClN3O2.CH4/c1-12(2)25-17-10-7-14(11-16(17)21)18-23-19(26-24-18)13-5-8-15(9-6-13)20(3,4)22;/h5-12H,22H2,1-4H3;1H4. The van der Waals surface area contributed by atoms with Gasteiger partial charge in [-0.1, -0.05) is 36.3 Å². The monoisotopic (exact) mass is 387 g/mol. The number of aromatic nitrogens is 2. The van der Waals surface area contributed by atoms with Gasteiger partial charge >= 0.3 is 0 Å². The Bertz CT molecular complexity index is 897. The number of halogens is 1. The van der Waals surface area contributed by atoms with E-state index in [1.807, 2.05) is 64.1 Å². The highest BCUT2D eigenvalue weighted by atomic mass is 35.5. The van der Waals surface area contributed by atoms with Crippen LogP contribution >= 0.6 is 11.6 Å². The number of nitrogens with zero attached hydrogens (tertiary/aromatic N) is 2. The number of rotatable bonds is 5. The molecular formula is C21H26ClN3O2. The lowest BCUT2D eigenvalue weighted by Crippen LogP contribution is -2.28. The molecule has 27 heavy (non-hydrogen) atoms. The molecule has 6 heteroatoms. The van der Waals surface area contributed by atoms with Crippen LogP contribution in [0.25, 0.3) is 22.8 Å². The van der Waals surface area contributed by atoms with Gasteiger partial charge in [0.25, 0.3) is 5.89 Å². The topological polar surface area (TPSA) is 74.2 Å². The Morgan fingerprint density at radius 2 is 1.70 bits per heavy atom. The predicted molar refractivity (Wildman–Crippen MR) is 110 cm³/mol. The summed E-state index contributed by atoms with van der Waals surface area (Å²) in [6.45, 7) is 7.83. The number of hydrogen-bond acceptors (Lipinski definition) is 5. The average Bonchev–Trinajstić information content (AvgIpc) is 3.06. The Hall–Kier alpha value is -2.37. The molecule has 0 saturated heterocycles. The van der Waals surface area contributed by atoms with E-state index in [1.165, 1.54) is 0 Å². The molecule has 0 aliphatic heterocycles. The zero-order chi connectivity index (χ0) is 18.9. The maximum Gasteiger partial charge on any atom is 0.258 e. The van der Waals surface area contributed by atoms with E-state index < -0.39 is 5.54 Å². The molecule has 0 spiro atoms. The first-order valence-corrected chi connectivity index (χ1v) is 8.82. The molecule has 0 atom stereocenters. The zero-order valence-corrected chi connectivity index (χ0v) is 16.0. The first kappa shape index (κ1) is 20.9. The molecular weight excluding hydrogens is 362 g/mol. The lowest BCUT2D eigenvalue weighted by Gasteiger charge is -2.18. The van der Waals surface area contributed by atoms with Crippen molar-refractivity contribution in [2.24, 2.45) is 5.73 Å². The average molecular weight is 388 g/mol. The molecule has 0 fully saturated rings. The van der Waals surface area contributed by atoms with Crippen LogP contribution < -0.4 is 10.5 Å². The molecule has 0 amide bonds. The molecule has 3 rings (SSSR count). The van der Waals surface area contributed by atoms with Gasteiger partial charge in [0.1, 0.15) is 5.75 Å². The van der Waals surface area contributed by atoms with Gasteiger partial charge < -0.3 is 15.0 Å². The number of nitrogens with two attached hydrogens (primary N) is 1. The zero-order valence-electron chi connectivity index (χ0n) is 15.3. The van der Waals surface area contributed by atoms with Crippen LogP contribution in [0.3, 0.4) is 0 Å². The second kappa shape index (κ2) is 8.11. The molecule has 144 valence electrons. The lowest BCUT2D eigenvalue weighted by molar-refractivity contribution is 0.242. The van der Waals surface area contributed by atoms with Crippen molar-refractivity contribution in [3.05, 3.63) is 53.1 Å².